The Labute approximate surface area is 146 Å². The zero-order valence-corrected chi connectivity index (χ0v) is 15.2. The zero-order chi connectivity index (χ0) is 15.2. The Morgan fingerprint density at radius 3 is 2.73 bits per heavy atom. The maximum atomic E-state index is 12.1. The molecule has 22 heavy (non-hydrogen) atoms. The van der Waals surface area contributed by atoms with E-state index in [9.17, 15) is 4.79 Å². The van der Waals surface area contributed by atoms with Crippen molar-refractivity contribution in [2.24, 2.45) is 11.7 Å². The number of rotatable bonds is 5. The molecule has 0 spiro atoms. The zero-order valence-electron chi connectivity index (χ0n) is 12.8. The fraction of sp³-hybridized carbons (Fsp3) is 0.562. The van der Waals surface area contributed by atoms with Crippen LogP contribution in [-0.2, 0) is 4.79 Å². The minimum Gasteiger partial charge on any atom is -0.493 e. The number of benzene rings is 1. The van der Waals surface area contributed by atoms with Gasteiger partial charge in [-0.25, -0.2) is 0 Å². The molecule has 6 heteroatoms. The van der Waals surface area contributed by atoms with Crippen LogP contribution in [0.3, 0.4) is 0 Å². The average molecular weight is 392 g/mol. The molecule has 1 aliphatic rings. The normalized spacial score (nSPS) is 16.8. The van der Waals surface area contributed by atoms with Gasteiger partial charge in [0.15, 0.2) is 0 Å². The first-order valence-electron chi connectivity index (χ1n) is 7.48. The minimum atomic E-state index is 0. The SMILES string of the molecule is CC(N)C1CCN(C(=O)CCOc2cccc(Br)c2)CC1.Cl. The molecule has 1 saturated heterocycles. The van der Waals surface area contributed by atoms with Crippen molar-refractivity contribution >= 4 is 34.2 Å². The van der Waals surface area contributed by atoms with E-state index in [1.807, 2.05) is 36.1 Å². The fourth-order valence-corrected chi connectivity index (χ4v) is 3.02. The third-order valence-electron chi connectivity index (χ3n) is 4.02. The van der Waals surface area contributed by atoms with Crippen LogP contribution >= 0.6 is 28.3 Å². The molecule has 1 aromatic carbocycles. The largest absolute Gasteiger partial charge is 0.493 e. The van der Waals surface area contributed by atoms with Crippen LogP contribution in [0.2, 0.25) is 0 Å². The molecule has 0 aliphatic carbocycles. The van der Waals surface area contributed by atoms with Crippen molar-refractivity contribution in [2.75, 3.05) is 19.7 Å². The third kappa shape index (κ3) is 5.78. The lowest BCUT2D eigenvalue weighted by atomic mass is 9.91. The number of hydrogen-bond acceptors (Lipinski definition) is 3. The molecule has 0 aromatic heterocycles. The molecule has 1 fully saturated rings. The van der Waals surface area contributed by atoms with Gasteiger partial charge in [0.05, 0.1) is 13.0 Å². The molecule has 124 valence electrons. The number of halogens is 2. The number of hydrogen-bond donors (Lipinski definition) is 1. The summed E-state index contributed by atoms with van der Waals surface area (Å²) in [6, 6.07) is 7.88. The quantitative estimate of drug-likeness (QED) is 0.838. The van der Waals surface area contributed by atoms with E-state index in [1.54, 1.807) is 0 Å². The molecular weight excluding hydrogens is 368 g/mol. The molecule has 0 bridgehead atoms. The van der Waals surface area contributed by atoms with Crippen LogP contribution in [-0.4, -0.2) is 36.5 Å². The summed E-state index contributed by atoms with van der Waals surface area (Å²) in [6.45, 7) is 4.11. The Hall–Kier alpha value is -0.780. The summed E-state index contributed by atoms with van der Waals surface area (Å²) in [5.41, 5.74) is 5.92. The summed E-state index contributed by atoms with van der Waals surface area (Å²) in [6.07, 6.45) is 2.45. The average Bonchev–Trinajstić information content (AvgIpc) is 2.47. The summed E-state index contributed by atoms with van der Waals surface area (Å²) in [4.78, 5) is 14.1. The number of amides is 1. The van der Waals surface area contributed by atoms with Crippen molar-refractivity contribution in [3.8, 4) is 5.75 Å². The molecule has 1 aliphatic heterocycles. The maximum absolute atomic E-state index is 12.1. The summed E-state index contributed by atoms with van der Waals surface area (Å²) in [5.74, 6) is 1.51. The summed E-state index contributed by atoms with van der Waals surface area (Å²) >= 11 is 3.40. The van der Waals surface area contributed by atoms with Gasteiger partial charge in [0, 0.05) is 23.6 Å². The summed E-state index contributed by atoms with van der Waals surface area (Å²) in [7, 11) is 0. The predicted octanol–water partition coefficient (Wildman–Crippen LogP) is 3.23. The standard InChI is InChI=1S/C16H23BrN2O2.ClH/c1-12(18)13-5-8-19(9-6-13)16(20)7-10-21-15-4-2-3-14(17)11-15;/h2-4,11-13H,5-10,18H2,1H3;1H. The van der Waals surface area contributed by atoms with Gasteiger partial charge in [0.1, 0.15) is 5.75 Å². The molecule has 2 rings (SSSR count). The fourth-order valence-electron chi connectivity index (χ4n) is 2.65. The van der Waals surface area contributed by atoms with Crippen LogP contribution in [0.1, 0.15) is 26.2 Å². The Morgan fingerprint density at radius 1 is 1.45 bits per heavy atom. The molecule has 1 heterocycles. The maximum Gasteiger partial charge on any atom is 0.225 e. The number of ether oxygens (including phenoxy) is 1. The third-order valence-corrected chi connectivity index (χ3v) is 4.51. The van der Waals surface area contributed by atoms with Gasteiger partial charge in [-0.2, -0.15) is 0 Å². The number of nitrogens with two attached hydrogens (primary N) is 1. The summed E-state index contributed by atoms with van der Waals surface area (Å²) < 4.78 is 6.59. The van der Waals surface area contributed by atoms with E-state index < -0.39 is 0 Å². The highest BCUT2D eigenvalue weighted by Crippen LogP contribution is 2.20. The molecule has 0 radical (unpaired) electrons. The second-order valence-corrected chi connectivity index (χ2v) is 6.55. The molecule has 2 N–H and O–H groups in total. The lowest BCUT2D eigenvalue weighted by molar-refractivity contribution is -0.133. The highest BCUT2D eigenvalue weighted by molar-refractivity contribution is 9.10. The van der Waals surface area contributed by atoms with Crippen molar-refractivity contribution in [1.82, 2.24) is 4.90 Å². The van der Waals surface area contributed by atoms with E-state index in [0.717, 1.165) is 36.2 Å². The van der Waals surface area contributed by atoms with Crippen LogP contribution in [0.25, 0.3) is 0 Å². The lowest BCUT2D eigenvalue weighted by Crippen LogP contribution is -2.42. The van der Waals surface area contributed by atoms with E-state index in [0.29, 0.717) is 18.9 Å². The van der Waals surface area contributed by atoms with Crippen LogP contribution in [0.4, 0.5) is 0 Å². The van der Waals surface area contributed by atoms with E-state index in [4.69, 9.17) is 10.5 Å². The molecule has 1 amide bonds. The van der Waals surface area contributed by atoms with E-state index >= 15 is 0 Å². The van der Waals surface area contributed by atoms with Gasteiger partial charge in [-0.15, -0.1) is 12.4 Å². The topological polar surface area (TPSA) is 55.6 Å². The second-order valence-electron chi connectivity index (χ2n) is 5.63. The van der Waals surface area contributed by atoms with E-state index in [1.165, 1.54) is 0 Å². The van der Waals surface area contributed by atoms with Crippen molar-refractivity contribution in [3.05, 3.63) is 28.7 Å². The van der Waals surface area contributed by atoms with Crippen molar-refractivity contribution in [2.45, 2.75) is 32.2 Å². The Balaban J connectivity index is 0.00000242. The smallest absolute Gasteiger partial charge is 0.225 e. The monoisotopic (exact) mass is 390 g/mol. The molecular formula is C16H24BrClN2O2. The highest BCUT2D eigenvalue weighted by Gasteiger charge is 2.24. The Bertz CT molecular complexity index is 477. The van der Waals surface area contributed by atoms with E-state index in [-0.39, 0.29) is 24.4 Å². The highest BCUT2D eigenvalue weighted by atomic mass is 79.9. The first-order chi connectivity index (χ1) is 10.1. The van der Waals surface area contributed by atoms with Crippen LogP contribution in [0.15, 0.2) is 28.7 Å². The minimum absolute atomic E-state index is 0. The molecule has 1 unspecified atom stereocenters. The van der Waals surface area contributed by atoms with Crippen molar-refractivity contribution < 1.29 is 9.53 Å². The first kappa shape index (κ1) is 19.3. The van der Waals surface area contributed by atoms with E-state index in [2.05, 4.69) is 15.9 Å². The van der Waals surface area contributed by atoms with Crippen molar-refractivity contribution in [1.29, 1.82) is 0 Å². The number of likely N-dealkylation sites (tertiary alicyclic amines) is 1. The van der Waals surface area contributed by atoms with Gasteiger partial charge in [0.25, 0.3) is 0 Å². The van der Waals surface area contributed by atoms with Gasteiger partial charge < -0.3 is 15.4 Å². The van der Waals surface area contributed by atoms with Crippen LogP contribution in [0, 0.1) is 5.92 Å². The van der Waals surface area contributed by atoms with Gasteiger partial charge in [-0.05, 0) is 43.9 Å². The van der Waals surface area contributed by atoms with Crippen LogP contribution < -0.4 is 10.5 Å². The Kier molecular flexibility index (Phi) is 8.21. The number of carbonyl (C=O) groups excluding carboxylic acids is 1. The van der Waals surface area contributed by atoms with Gasteiger partial charge in [-0.1, -0.05) is 22.0 Å². The number of piperidine rings is 1. The number of carbonyl (C=O) groups is 1. The molecule has 1 atom stereocenters. The first-order valence-corrected chi connectivity index (χ1v) is 8.27. The molecule has 0 saturated carbocycles. The van der Waals surface area contributed by atoms with Gasteiger partial charge >= 0.3 is 0 Å². The van der Waals surface area contributed by atoms with Crippen molar-refractivity contribution in [3.63, 3.8) is 0 Å². The Morgan fingerprint density at radius 2 is 2.14 bits per heavy atom. The number of nitrogens with zero attached hydrogens (tertiary/aromatic N) is 1. The van der Waals surface area contributed by atoms with Gasteiger partial charge in [0.2, 0.25) is 5.91 Å². The predicted molar refractivity (Wildman–Crippen MR) is 94.5 cm³/mol. The lowest BCUT2D eigenvalue weighted by Gasteiger charge is -2.33. The molecule has 1 aromatic rings. The van der Waals surface area contributed by atoms with Crippen LogP contribution in [0.5, 0.6) is 5.75 Å². The summed E-state index contributed by atoms with van der Waals surface area (Å²) in [5, 5.41) is 0. The molecule has 4 nitrogen and oxygen atoms in total. The van der Waals surface area contributed by atoms with Gasteiger partial charge in [-0.3, -0.25) is 4.79 Å². The second kappa shape index (κ2) is 9.38.